The molecular weight excluding hydrogens is 514 g/mol. The van der Waals surface area contributed by atoms with Gasteiger partial charge in [0.05, 0.1) is 25.6 Å². The Hall–Kier alpha value is -3.62. The number of aliphatic hydroxyl groups is 1. The molecule has 7 nitrogen and oxygen atoms in total. The topological polar surface area (TPSA) is 102 Å². The van der Waals surface area contributed by atoms with Crippen molar-refractivity contribution in [2.75, 3.05) is 19.5 Å². The fraction of sp³-hybridized carbons (Fsp3) is 0.323. The minimum absolute atomic E-state index is 0.241. The standard InChI is InChI=1S/C31H35NO6S/c1-37-29(35)13-7-12-27(33)31(24-18-16-23(17-19-24)15-14-22-8-4-3-5-9-22)39-26-11-6-10-25(20-26)32-28(34)21-30(36)38-2/h3-6,8-11,16-20,27,31,33H,7,12-15,21H2,1-2H3,(H,32,34). The molecule has 206 valence electrons. The fourth-order valence-electron chi connectivity index (χ4n) is 4.09. The number of aryl methyl sites for hydroxylation is 2. The number of carbonyl (C=O) groups excluding carboxylic acids is 3. The summed E-state index contributed by atoms with van der Waals surface area (Å²) in [4.78, 5) is 35.9. The highest BCUT2D eigenvalue weighted by Crippen LogP contribution is 2.40. The van der Waals surface area contributed by atoms with Gasteiger partial charge >= 0.3 is 11.9 Å². The van der Waals surface area contributed by atoms with Crippen LogP contribution < -0.4 is 5.32 Å². The summed E-state index contributed by atoms with van der Waals surface area (Å²) in [6.45, 7) is 0. The van der Waals surface area contributed by atoms with Gasteiger partial charge in [0.2, 0.25) is 5.91 Å². The molecule has 2 unspecified atom stereocenters. The van der Waals surface area contributed by atoms with E-state index in [1.54, 1.807) is 6.07 Å². The van der Waals surface area contributed by atoms with Crippen molar-refractivity contribution < 1.29 is 29.0 Å². The van der Waals surface area contributed by atoms with Gasteiger partial charge in [-0.2, -0.15) is 0 Å². The number of anilines is 1. The molecule has 0 heterocycles. The lowest BCUT2D eigenvalue weighted by Crippen LogP contribution is -2.17. The molecule has 0 aliphatic heterocycles. The number of esters is 2. The number of methoxy groups -OCH3 is 2. The number of aliphatic hydroxyl groups excluding tert-OH is 1. The Morgan fingerprint density at radius 3 is 2.18 bits per heavy atom. The van der Waals surface area contributed by atoms with Crippen LogP contribution in [0.5, 0.6) is 0 Å². The van der Waals surface area contributed by atoms with Crippen molar-refractivity contribution in [1.82, 2.24) is 0 Å². The lowest BCUT2D eigenvalue weighted by Gasteiger charge is -2.24. The number of hydrogen-bond acceptors (Lipinski definition) is 7. The van der Waals surface area contributed by atoms with Crippen molar-refractivity contribution in [2.45, 2.75) is 54.8 Å². The van der Waals surface area contributed by atoms with Crippen LogP contribution in [0.3, 0.4) is 0 Å². The molecule has 3 aromatic carbocycles. The van der Waals surface area contributed by atoms with E-state index in [0.717, 1.165) is 23.3 Å². The third-order valence-corrected chi connectivity index (χ3v) is 7.59. The summed E-state index contributed by atoms with van der Waals surface area (Å²) in [5.41, 5.74) is 4.01. The summed E-state index contributed by atoms with van der Waals surface area (Å²) < 4.78 is 9.28. The summed E-state index contributed by atoms with van der Waals surface area (Å²) in [5.74, 6) is -1.38. The molecule has 39 heavy (non-hydrogen) atoms. The van der Waals surface area contributed by atoms with Crippen molar-refractivity contribution in [3.63, 3.8) is 0 Å². The molecule has 0 aliphatic carbocycles. The van der Waals surface area contributed by atoms with Crippen LogP contribution in [-0.2, 0) is 36.7 Å². The summed E-state index contributed by atoms with van der Waals surface area (Å²) in [7, 11) is 2.59. The minimum atomic E-state index is -0.715. The zero-order valence-corrected chi connectivity index (χ0v) is 23.1. The maximum Gasteiger partial charge on any atom is 0.315 e. The normalized spacial score (nSPS) is 12.3. The minimum Gasteiger partial charge on any atom is -0.469 e. The van der Waals surface area contributed by atoms with Gasteiger partial charge in [0.25, 0.3) is 0 Å². The van der Waals surface area contributed by atoms with Crippen LogP contribution in [0.15, 0.2) is 83.8 Å². The maximum absolute atomic E-state index is 12.1. The van der Waals surface area contributed by atoms with Crippen LogP contribution in [0.25, 0.3) is 0 Å². The van der Waals surface area contributed by atoms with Crippen molar-refractivity contribution in [3.8, 4) is 0 Å². The largest absolute Gasteiger partial charge is 0.469 e. The van der Waals surface area contributed by atoms with Crippen LogP contribution >= 0.6 is 11.8 Å². The Kier molecular flexibility index (Phi) is 12.1. The number of benzene rings is 3. The van der Waals surface area contributed by atoms with Gasteiger partial charge in [-0.05, 0) is 60.6 Å². The Labute approximate surface area is 233 Å². The van der Waals surface area contributed by atoms with Crippen LogP contribution in [-0.4, -0.2) is 43.3 Å². The average molecular weight is 550 g/mol. The first-order chi connectivity index (χ1) is 18.9. The molecule has 1 amide bonds. The van der Waals surface area contributed by atoms with Gasteiger partial charge in [0.1, 0.15) is 6.42 Å². The van der Waals surface area contributed by atoms with Gasteiger partial charge in [-0.1, -0.05) is 60.7 Å². The molecule has 3 rings (SSSR count). The molecule has 0 bridgehead atoms. The molecule has 0 saturated carbocycles. The second-order valence-electron chi connectivity index (χ2n) is 9.13. The van der Waals surface area contributed by atoms with E-state index in [-0.39, 0.29) is 24.1 Å². The Morgan fingerprint density at radius 2 is 1.51 bits per heavy atom. The summed E-state index contributed by atoms with van der Waals surface area (Å²) in [5, 5.41) is 13.6. The summed E-state index contributed by atoms with van der Waals surface area (Å²) in [6.07, 6.45) is 1.95. The Morgan fingerprint density at radius 1 is 0.846 bits per heavy atom. The van der Waals surface area contributed by atoms with Crippen LogP contribution in [0.4, 0.5) is 5.69 Å². The molecule has 0 aromatic heterocycles. The zero-order valence-electron chi connectivity index (χ0n) is 22.3. The highest BCUT2D eigenvalue weighted by Gasteiger charge is 2.23. The smallest absolute Gasteiger partial charge is 0.315 e. The molecular formula is C31H35NO6S. The van der Waals surface area contributed by atoms with E-state index >= 15 is 0 Å². The third-order valence-electron chi connectivity index (χ3n) is 6.22. The van der Waals surface area contributed by atoms with Crippen molar-refractivity contribution in [2.24, 2.45) is 0 Å². The van der Waals surface area contributed by atoms with Gasteiger partial charge in [-0.3, -0.25) is 14.4 Å². The first-order valence-corrected chi connectivity index (χ1v) is 13.8. The van der Waals surface area contributed by atoms with Gasteiger partial charge in [0, 0.05) is 17.0 Å². The molecule has 0 fully saturated rings. The molecule has 0 spiro atoms. The zero-order chi connectivity index (χ0) is 28.0. The lowest BCUT2D eigenvalue weighted by molar-refractivity contribution is -0.143. The highest BCUT2D eigenvalue weighted by atomic mass is 32.2. The van der Waals surface area contributed by atoms with Gasteiger partial charge in [-0.25, -0.2) is 0 Å². The SMILES string of the molecule is COC(=O)CCCC(O)C(Sc1cccc(NC(=O)CC(=O)OC)c1)c1ccc(CCc2ccccc2)cc1. The third kappa shape index (κ3) is 10.2. The van der Waals surface area contributed by atoms with Crippen LogP contribution in [0, 0.1) is 0 Å². The van der Waals surface area contributed by atoms with Crippen LogP contribution in [0.1, 0.15) is 47.6 Å². The molecule has 8 heteroatoms. The van der Waals surface area contributed by atoms with E-state index in [0.29, 0.717) is 18.5 Å². The number of thioether (sulfide) groups is 1. The number of hydrogen-bond donors (Lipinski definition) is 2. The van der Waals surface area contributed by atoms with E-state index in [1.807, 2.05) is 48.5 Å². The first kappa shape index (κ1) is 29.9. The molecule has 0 radical (unpaired) electrons. The fourth-order valence-corrected chi connectivity index (χ4v) is 5.32. The molecule has 2 N–H and O–H groups in total. The molecule has 0 aliphatic rings. The van der Waals surface area contributed by atoms with E-state index in [2.05, 4.69) is 34.3 Å². The van der Waals surface area contributed by atoms with Crippen LogP contribution in [0.2, 0.25) is 0 Å². The molecule has 2 atom stereocenters. The molecule has 3 aromatic rings. The number of rotatable bonds is 14. The number of nitrogens with one attached hydrogen (secondary N) is 1. The number of carbonyl (C=O) groups is 3. The predicted octanol–water partition coefficient (Wildman–Crippen LogP) is 5.51. The second-order valence-corrected chi connectivity index (χ2v) is 10.3. The maximum atomic E-state index is 12.1. The van der Waals surface area contributed by atoms with Gasteiger partial charge in [-0.15, -0.1) is 11.8 Å². The first-order valence-electron chi connectivity index (χ1n) is 12.9. The van der Waals surface area contributed by atoms with E-state index in [1.165, 1.54) is 37.1 Å². The number of ether oxygens (including phenoxy) is 2. The van der Waals surface area contributed by atoms with Gasteiger partial charge < -0.3 is 19.9 Å². The van der Waals surface area contributed by atoms with E-state index in [9.17, 15) is 19.5 Å². The Balaban J connectivity index is 1.73. The van der Waals surface area contributed by atoms with Crippen molar-refractivity contribution >= 4 is 35.3 Å². The molecule has 0 saturated heterocycles. The quantitative estimate of drug-likeness (QED) is 0.155. The van der Waals surface area contributed by atoms with E-state index in [4.69, 9.17) is 4.74 Å². The Bertz CT molecular complexity index is 1220. The van der Waals surface area contributed by atoms with Crippen molar-refractivity contribution in [1.29, 1.82) is 0 Å². The van der Waals surface area contributed by atoms with Gasteiger partial charge in [0.15, 0.2) is 0 Å². The van der Waals surface area contributed by atoms with E-state index < -0.39 is 18.0 Å². The van der Waals surface area contributed by atoms with Crippen molar-refractivity contribution in [3.05, 3.63) is 95.6 Å². The lowest BCUT2D eigenvalue weighted by atomic mass is 9.99. The number of amides is 1. The summed E-state index contributed by atoms with van der Waals surface area (Å²) >= 11 is 1.48. The summed E-state index contributed by atoms with van der Waals surface area (Å²) in [6, 6.07) is 25.9. The second kappa shape index (κ2) is 15.7. The predicted molar refractivity (Wildman–Crippen MR) is 152 cm³/mol. The monoisotopic (exact) mass is 549 g/mol. The average Bonchev–Trinajstić information content (AvgIpc) is 2.95. The highest BCUT2D eigenvalue weighted by molar-refractivity contribution is 7.99.